The summed E-state index contributed by atoms with van der Waals surface area (Å²) in [5, 5.41) is 8.49. The van der Waals surface area contributed by atoms with Crippen LogP contribution in [0.15, 0.2) is 24.3 Å². The van der Waals surface area contributed by atoms with Crippen molar-refractivity contribution in [1.82, 2.24) is 0 Å². The average Bonchev–Trinajstić information content (AvgIpc) is 2.20. The van der Waals surface area contributed by atoms with Gasteiger partial charge in [-0.15, -0.1) is 0 Å². The molecule has 0 saturated heterocycles. The van der Waals surface area contributed by atoms with Crippen LogP contribution in [0.4, 0.5) is 8.78 Å². The fourth-order valence-electron chi connectivity index (χ4n) is 1.08. The summed E-state index contributed by atoms with van der Waals surface area (Å²) in [6, 6.07) is 2.14. The summed E-state index contributed by atoms with van der Waals surface area (Å²) in [7, 11) is 0. The van der Waals surface area contributed by atoms with E-state index in [4.69, 9.17) is 10.8 Å². The van der Waals surface area contributed by atoms with Crippen LogP contribution in [0, 0.1) is 11.6 Å². The predicted molar refractivity (Wildman–Crippen MR) is 55.6 cm³/mol. The molecule has 1 atom stereocenters. The van der Waals surface area contributed by atoms with Crippen LogP contribution in [0.3, 0.4) is 0 Å². The molecule has 0 aliphatic rings. The molecule has 86 valence electrons. The molecule has 3 nitrogen and oxygen atoms in total. The molecular formula is C11H11F2NO2. The van der Waals surface area contributed by atoms with Crippen molar-refractivity contribution in [3.8, 4) is 0 Å². The number of hydrogen-bond donors (Lipinski definition) is 2. The molecule has 0 aliphatic carbocycles. The van der Waals surface area contributed by atoms with Crippen LogP contribution in [0.2, 0.25) is 0 Å². The van der Waals surface area contributed by atoms with E-state index < -0.39 is 23.6 Å². The van der Waals surface area contributed by atoms with Gasteiger partial charge < -0.3 is 10.8 Å². The zero-order valence-electron chi connectivity index (χ0n) is 8.36. The second kappa shape index (κ2) is 5.37. The highest BCUT2D eigenvalue weighted by Gasteiger charge is 2.08. The maximum absolute atomic E-state index is 13.1. The van der Waals surface area contributed by atoms with Crippen LogP contribution in [-0.2, 0) is 4.79 Å². The van der Waals surface area contributed by atoms with Gasteiger partial charge in [0.25, 0.3) is 0 Å². The minimum atomic E-state index is -1.12. The lowest BCUT2D eigenvalue weighted by atomic mass is 10.1. The molecule has 0 radical (unpaired) electrons. The highest BCUT2D eigenvalue weighted by atomic mass is 19.1. The van der Waals surface area contributed by atoms with Crippen LogP contribution in [0.25, 0.3) is 6.08 Å². The van der Waals surface area contributed by atoms with Crippen LogP contribution in [0.5, 0.6) is 0 Å². The van der Waals surface area contributed by atoms with E-state index in [0.717, 1.165) is 12.1 Å². The van der Waals surface area contributed by atoms with E-state index >= 15 is 0 Å². The molecule has 0 bridgehead atoms. The fraction of sp³-hybridized carbons (Fsp3) is 0.182. The molecule has 0 amide bonds. The van der Waals surface area contributed by atoms with Gasteiger partial charge in [-0.1, -0.05) is 12.2 Å². The summed E-state index contributed by atoms with van der Waals surface area (Å²) < 4.78 is 25.6. The number of halogens is 2. The lowest BCUT2D eigenvalue weighted by Gasteiger charge is -2.01. The first-order valence-electron chi connectivity index (χ1n) is 4.60. The Balaban J connectivity index is 2.66. The number of aliphatic carboxylic acids is 1. The third-order valence-electron chi connectivity index (χ3n) is 1.97. The van der Waals surface area contributed by atoms with E-state index in [1.807, 2.05) is 0 Å². The number of rotatable bonds is 4. The number of carboxylic acids is 1. The van der Waals surface area contributed by atoms with Crippen molar-refractivity contribution in [1.29, 1.82) is 0 Å². The van der Waals surface area contributed by atoms with Gasteiger partial charge in [-0.05, 0) is 18.6 Å². The molecule has 0 spiro atoms. The third-order valence-corrected chi connectivity index (χ3v) is 1.97. The lowest BCUT2D eigenvalue weighted by molar-refractivity contribution is -0.138. The van der Waals surface area contributed by atoms with E-state index in [1.54, 1.807) is 0 Å². The zero-order chi connectivity index (χ0) is 12.1. The topological polar surface area (TPSA) is 63.3 Å². The summed E-state index contributed by atoms with van der Waals surface area (Å²) in [5.41, 5.74) is 5.43. The maximum Gasteiger partial charge on any atom is 0.320 e. The molecule has 0 saturated carbocycles. The molecule has 0 unspecified atom stereocenters. The molecule has 16 heavy (non-hydrogen) atoms. The number of hydrogen-bond acceptors (Lipinski definition) is 2. The maximum atomic E-state index is 13.1. The Morgan fingerprint density at radius 2 is 2.19 bits per heavy atom. The Kier molecular flexibility index (Phi) is 4.13. The normalized spacial score (nSPS) is 12.9. The van der Waals surface area contributed by atoms with Crippen molar-refractivity contribution < 1.29 is 18.7 Å². The molecule has 0 aliphatic heterocycles. The van der Waals surface area contributed by atoms with Crippen LogP contribution in [-0.4, -0.2) is 17.1 Å². The summed E-state index contributed by atoms with van der Waals surface area (Å²) in [6.45, 7) is 0. The van der Waals surface area contributed by atoms with Crippen LogP contribution in [0.1, 0.15) is 12.0 Å². The smallest absolute Gasteiger partial charge is 0.320 e. The van der Waals surface area contributed by atoms with Gasteiger partial charge in [0.15, 0.2) is 0 Å². The second-order valence-electron chi connectivity index (χ2n) is 3.25. The Hall–Kier alpha value is -1.75. The number of carbonyl (C=O) groups is 1. The summed E-state index contributed by atoms with van der Waals surface area (Å²) >= 11 is 0. The average molecular weight is 227 g/mol. The second-order valence-corrected chi connectivity index (χ2v) is 3.25. The lowest BCUT2D eigenvalue weighted by Crippen LogP contribution is -2.29. The molecule has 1 rings (SSSR count). The molecule has 0 aromatic heterocycles. The standard InChI is InChI=1S/C11H11F2NO2/c12-8-5-4-7(9(13)6-8)2-1-3-10(14)11(15)16/h1-2,4-6,10H,3,14H2,(H,15,16)/b2-1+/t10-/m0/s1. The molecule has 1 aromatic rings. The van der Waals surface area contributed by atoms with Crippen molar-refractivity contribution in [3.63, 3.8) is 0 Å². The Morgan fingerprint density at radius 1 is 1.50 bits per heavy atom. The molecule has 0 heterocycles. The van der Waals surface area contributed by atoms with Crippen molar-refractivity contribution in [3.05, 3.63) is 41.5 Å². The van der Waals surface area contributed by atoms with Gasteiger partial charge in [0.2, 0.25) is 0 Å². The minimum Gasteiger partial charge on any atom is -0.480 e. The highest BCUT2D eigenvalue weighted by Crippen LogP contribution is 2.11. The van der Waals surface area contributed by atoms with Gasteiger partial charge >= 0.3 is 5.97 Å². The van der Waals surface area contributed by atoms with Crippen molar-refractivity contribution >= 4 is 12.0 Å². The van der Waals surface area contributed by atoms with Gasteiger partial charge in [0.05, 0.1) is 0 Å². The van der Waals surface area contributed by atoms with E-state index in [1.165, 1.54) is 18.2 Å². The van der Waals surface area contributed by atoms with Gasteiger partial charge in [-0.25, -0.2) is 8.78 Å². The van der Waals surface area contributed by atoms with Gasteiger partial charge in [0.1, 0.15) is 17.7 Å². The van der Waals surface area contributed by atoms with Gasteiger partial charge in [-0.3, -0.25) is 4.79 Å². The monoisotopic (exact) mass is 227 g/mol. The first-order valence-corrected chi connectivity index (χ1v) is 4.60. The summed E-state index contributed by atoms with van der Waals surface area (Å²) in [6.07, 6.45) is 2.90. The molecule has 5 heteroatoms. The number of nitrogens with two attached hydrogens (primary N) is 1. The number of carboxylic acid groups (broad SMARTS) is 1. The SMILES string of the molecule is N[C@@H](C/C=C/c1ccc(F)cc1F)C(=O)O. The number of benzene rings is 1. The third kappa shape index (κ3) is 3.43. The summed E-state index contributed by atoms with van der Waals surface area (Å²) in [5.74, 6) is -2.47. The van der Waals surface area contributed by atoms with Gasteiger partial charge in [-0.2, -0.15) is 0 Å². The first-order chi connectivity index (χ1) is 7.50. The first kappa shape index (κ1) is 12.3. The zero-order valence-corrected chi connectivity index (χ0v) is 8.36. The van der Waals surface area contributed by atoms with Crippen LogP contribution < -0.4 is 5.73 Å². The Bertz CT molecular complexity index is 418. The minimum absolute atomic E-state index is 0.0894. The predicted octanol–water partition coefficient (Wildman–Crippen LogP) is 1.78. The van der Waals surface area contributed by atoms with E-state index in [2.05, 4.69) is 0 Å². The Labute approximate surface area is 91.2 Å². The fourth-order valence-corrected chi connectivity index (χ4v) is 1.08. The molecule has 1 aromatic carbocycles. The molecule has 0 fully saturated rings. The van der Waals surface area contributed by atoms with E-state index in [9.17, 15) is 13.6 Å². The van der Waals surface area contributed by atoms with Crippen LogP contribution >= 0.6 is 0 Å². The van der Waals surface area contributed by atoms with Crippen molar-refractivity contribution in [2.24, 2.45) is 5.73 Å². The van der Waals surface area contributed by atoms with Crippen molar-refractivity contribution in [2.45, 2.75) is 12.5 Å². The quantitative estimate of drug-likeness (QED) is 0.824. The van der Waals surface area contributed by atoms with E-state index in [0.29, 0.717) is 0 Å². The van der Waals surface area contributed by atoms with Gasteiger partial charge in [0, 0.05) is 11.6 Å². The van der Waals surface area contributed by atoms with Crippen molar-refractivity contribution in [2.75, 3.05) is 0 Å². The summed E-state index contributed by atoms with van der Waals surface area (Å²) in [4.78, 5) is 10.4. The molecular weight excluding hydrogens is 216 g/mol. The largest absolute Gasteiger partial charge is 0.480 e. The Morgan fingerprint density at radius 3 is 2.75 bits per heavy atom. The van der Waals surface area contributed by atoms with E-state index in [-0.39, 0.29) is 12.0 Å². The molecule has 3 N–H and O–H groups in total. The highest BCUT2D eigenvalue weighted by molar-refractivity contribution is 5.73.